The summed E-state index contributed by atoms with van der Waals surface area (Å²) in [7, 11) is 1.43. The van der Waals surface area contributed by atoms with Crippen LogP contribution in [0.3, 0.4) is 0 Å². The molecular weight excluding hydrogens is 333 g/mol. The Kier molecular flexibility index (Phi) is 5.89. The molecule has 0 bridgehead atoms. The summed E-state index contributed by atoms with van der Waals surface area (Å²) < 4.78 is 19.3. The van der Waals surface area contributed by atoms with Crippen LogP contribution in [0.2, 0.25) is 0 Å². The van der Waals surface area contributed by atoms with Gasteiger partial charge in [0, 0.05) is 13.1 Å². The van der Waals surface area contributed by atoms with E-state index in [1.807, 2.05) is 30.3 Å². The maximum atomic E-state index is 14.1. The normalized spacial score (nSPS) is 16.3. The molecule has 138 valence electrons. The quantitative estimate of drug-likeness (QED) is 0.893. The highest BCUT2D eigenvalue weighted by Crippen LogP contribution is 2.27. The van der Waals surface area contributed by atoms with E-state index in [0.717, 1.165) is 5.56 Å². The summed E-state index contributed by atoms with van der Waals surface area (Å²) in [5.41, 5.74) is 1.09. The number of halogens is 1. The average molecular weight is 357 g/mol. The summed E-state index contributed by atoms with van der Waals surface area (Å²) in [6.45, 7) is 1.01. The van der Waals surface area contributed by atoms with Crippen LogP contribution >= 0.6 is 0 Å². The predicted octanol–water partition coefficient (Wildman–Crippen LogP) is 3.29. The number of likely N-dealkylation sites (tertiary alicyclic amines) is 1. The summed E-state index contributed by atoms with van der Waals surface area (Å²) in [4.78, 5) is 14.4. The van der Waals surface area contributed by atoms with Gasteiger partial charge in [-0.3, -0.25) is 4.79 Å². The van der Waals surface area contributed by atoms with Crippen molar-refractivity contribution < 1.29 is 19.0 Å². The van der Waals surface area contributed by atoms with Crippen molar-refractivity contribution >= 4 is 5.91 Å². The van der Waals surface area contributed by atoms with Crippen molar-refractivity contribution in [3.63, 3.8) is 0 Å². The third-order valence-electron chi connectivity index (χ3n) is 5.07. The van der Waals surface area contributed by atoms with Gasteiger partial charge < -0.3 is 14.7 Å². The molecule has 0 unspecified atom stereocenters. The zero-order chi connectivity index (χ0) is 18.5. The number of ether oxygens (including phenoxy) is 1. The van der Waals surface area contributed by atoms with Crippen LogP contribution in [0, 0.1) is 11.7 Å². The number of methoxy groups -OCH3 is 1. The van der Waals surface area contributed by atoms with Gasteiger partial charge in [-0.15, -0.1) is 0 Å². The highest BCUT2D eigenvalue weighted by Gasteiger charge is 2.30. The summed E-state index contributed by atoms with van der Waals surface area (Å²) in [5.74, 6) is -0.528. The van der Waals surface area contributed by atoms with Crippen LogP contribution in [-0.2, 0) is 6.42 Å². The molecule has 0 aliphatic carbocycles. The zero-order valence-electron chi connectivity index (χ0n) is 14.9. The molecule has 5 heteroatoms. The van der Waals surface area contributed by atoms with Crippen molar-refractivity contribution in [2.75, 3.05) is 20.2 Å². The second-order valence-corrected chi connectivity index (χ2v) is 6.70. The van der Waals surface area contributed by atoms with Crippen molar-refractivity contribution in [3.8, 4) is 5.75 Å². The molecule has 1 amide bonds. The van der Waals surface area contributed by atoms with Crippen molar-refractivity contribution in [2.24, 2.45) is 5.92 Å². The molecule has 1 N–H and O–H groups in total. The van der Waals surface area contributed by atoms with E-state index < -0.39 is 11.9 Å². The number of aliphatic hydroxyl groups excluding tert-OH is 1. The minimum Gasteiger partial charge on any atom is -0.496 e. The molecule has 0 saturated carbocycles. The molecule has 0 aromatic heterocycles. The van der Waals surface area contributed by atoms with E-state index in [2.05, 4.69) is 0 Å². The molecule has 1 fully saturated rings. The van der Waals surface area contributed by atoms with Crippen LogP contribution in [0.5, 0.6) is 5.75 Å². The van der Waals surface area contributed by atoms with Gasteiger partial charge in [-0.2, -0.15) is 0 Å². The van der Waals surface area contributed by atoms with E-state index in [0.29, 0.717) is 32.4 Å². The molecule has 1 aliphatic heterocycles. The van der Waals surface area contributed by atoms with Gasteiger partial charge in [-0.1, -0.05) is 36.4 Å². The number of benzene rings is 2. The Hall–Kier alpha value is -2.40. The fourth-order valence-electron chi connectivity index (χ4n) is 3.55. The minimum absolute atomic E-state index is 0.0155. The van der Waals surface area contributed by atoms with Gasteiger partial charge in [0.15, 0.2) is 0 Å². The SMILES string of the molecule is COc1cccc(F)c1C(=O)N1CCC([C@@H](O)Cc2ccccc2)CC1. The van der Waals surface area contributed by atoms with Crippen molar-refractivity contribution in [2.45, 2.75) is 25.4 Å². The second-order valence-electron chi connectivity index (χ2n) is 6.70. The summed E-state index contributed by atoms with van der Waals surface area (Å²) >= 11 is 0. The molecule has 1 heterocycles. The van der Waals surface area contributed by atoms with Crippen molar-refractivity contribution in [3.05, 3.63) is 65.5 Å². The molecule has 0 radical (unpaired) electrons. The number of hydrogen-bond acceptors (Lipinski definition) is 3. The van der Waals surface area contributed by atoms with E-state index in [1.165, 1.54) is 19.2 Å². The third kappa shape index (κ3) is 4.05. The molecule has 26 heavy (non-hydrogen) atoms. The fourth-order valence-corrected chi connectivity index (χ4v) is 3.55. The topological polar surface area (TPSA) is 49.8 Å². The fraction of sp³-hybridized carbons (Fsp3) is 0.381. The minimum atomic E-state index is -0.569. The Labute approximate surface area is 153 Å². The molecule has 0 spiro atoms. The lowest BCUT2D eigenvalue weighted by atomic mass is 9.87. The highest BCUT2D eigenvalue weighted by molar-refractivity contribution is 5.97. The highest BCUT2D eigenvalue weighted by atomic mass is 19.1. The van der Waals surface area contributed by atoms with E-state index in [-0.39, 0.29) is 23.1 Å². The first-order valence-corrected chi connectivity index (χ1v) is 8.94. The van der Waals surface area contributed by atoms with Gasteiger partial charge in [0.2, 0.25) is 0 Å². The summed E-state index contributed by atoms with van der Waals surface area (Å²) in [6.07, 6.45) is 1.59. The number of rotatable bonds is 5. The first-order valence-electron chi connectivity index (χ1n) is 8.94. The molecule has 2 aromatic rings. The van der Waals surface area contributed by atoms with E-state index in [1.54, 1.807) is 11.0 Å². The van der Waals surface area contributed by atoms with Gasteiger partial charge in [0.05, 0.1) is 13.2 Å². The average Bonchev–Trinajstić information content (AvgIpc) is 2.68. The Bertz CT molecular complexity index is 742. The Morgan fingerprint density at radius 2 is 1.88 bits per heavy atom. The zero-order valence-corrected chi connectivity index (χ0v) is 14.9. The second kappa shape index (κ2) is 8.32. The third-order valence-corrected chi connectivity index (χ3v) is 5.07. The first kappa shape index (κ1) is 18.4. The summed E-state index contributed by atoms with van der Waals surface area (Å²) in [5, 5.41) is 10.5. The molecule has 4 nitrogen and oxygen atoms in total. The number of carbonyl (C=O) groups excluding carboxylic acids is 1. The first-order chi connectivity index (χ1) is 12.6. The van der Waals surface area contributed by atoms with Crippen LogP contribution in [-0.4, -0.2) is 42.2 Å². The largest absolute Gasteiger partial charge is 0.496 e. The summed E-state index contributed by atoms with van der Waals surface area (Å²) in [6, 6.07) is 14.3. The lowest BCUT2D eigenvalue weighted by Gasteiger charge is -2.34. The van der Waals surface area contributed by atoms with E-state index >= 15 is 0 Å². The van der Waals surface area contributed by atoms with Crippen molar-refractivity contribution in [1.29, 1.82) is 0 Å². The number of hydrogen-bond donors (Lipinski definition) is 1. The predicted molar refractivity (Wildman–Crippen MR) is 97.7 cm³/mol. The van der Waals surface area contributed by atoms with Gasteiger partial charge in [0.1, 0.15) is 17.1 Å². The maximum absolute atomic E-state index is 14.1. The van der Waals surface area contributed by atoms with Gasteiger partial charge in [0.25, 0.3) is 5.91 Å². The van der Waals surface area contributed by atoms with Crippen molar-refractivity contribution in [1.82, 2.24) is 4.90 Å². The lowest BCUT2D eigenvalue weighted by Crippen LogP contribution is -2.42. The Morgan fingerprint density at radius 1 is 1.19 bits per heavy atom. The molecule has 1 aliphatic rings. The van der Waals surface area contributed by atoms with Gasteiger partial charge in [-0.25, -0.2) is 4.39 Å². The number of piperidine rings is 1. The number of amides is 1. The van der Waals surface area contributed by atoms with Crippen LogP contribution in [0.4, 0.5) is 4.39 Å². The smallest absolute Gasteiger partial charge is 0.260 e. The van der Waals surface area contributed by atoms with Crippen LogP contribution in [0.15, 0.2) is 48.5 Å². The number of nitrogens with zero attached hydrogens (tertiary/aromatic N) is 1. The Morgan fingerprint density at radius 3 is 2.54 bits per heavy atom. The van der Waals surface area contributed by atoms with Crippen LogP contribution in [0.25, 0.3) is 0 Å². The molecule has 1 saturated heterocycles. The van der Waals surface area contributed by atoms with Crippen LogP contribution < -0.4 is 4.74 Å². The lowest BCUT2D eigenvalue weighted by molar-refractivity contribution is 0.0462. The van der Waals surface area contributed by atoms with E-state index in [9.17, 15) is 14.3 Å². The van der Waals surface area contributed by atoms with Gasteiger partial charge >= 0.3 is 0 Å². The standard InChI is InChI=1S/C21H24FNO3/c1-26-19-9-5-8-17(22)20(19)21(25)23-12-10-16(11-13-23)18(24)14-15-6-3-2-4-7-15/h2-9,16,18,24H,10-14H2,1H3/t18-/m0/s1. The maximum Gasteiger partial charge on any atom is 0.260 e. The molecule has 3 rings (SSSR count). The molecule has 2 aromatic carbocycles. The number of carbonyl (C=O) groups is 1. The monoisotopic (exact) mass is 357 g/mol. The molecule has 1 atom stereocenters. The van der Waals surface area contributed by atoms with Crippen LogP contribution in [0.1, 0.15) is 28.8 Å². The molecular formula is C21H24FNO3. The number of aliphatic hydroxyl groups is 1. The van der Waals surface area contributed by atoms with E-state index in [4.69, 9.17) is 4.74 Å². The Balaban J connectivity index is 1.61. The van der Waals surface area contributed by atoms with Gasteiger partial charge in [-0.05, 0) is 42.9 Å².